The van der Waals surface area contributed by atoms with E-state index in [0.717, 1.165) is 23.7 Å². The Bertz CT molecular complexity index is 133. The van der Waals surface area contributed by atoms with E-state index in [4.69, 9.17) is 0 Å². The minimum atomic E-state index is 1.01. The standard InChI is InChI=1S/C10H18/c1-4-6(2)8-5-9-7(3)10(8)9/h6-10H,4-5H2,1-3H3. The molecular formula is C10H18. The predicted octanol–water partition coefficient (Wildman–Crippen LogP) is 2.93. The third-order valence-electron chi connectivity index (χ3n) is 4.05. The predicted molar refractivity (Wildman–Crippen MR) is 43.7 cm³/mol. The van der Waals surface area contributed by atoms with Crippen LogP contribution in [-0.2, 0) is 0 Å². The molecule has 0 aromatic carbocycles. The lowest BCUT2D eigenvalue weighted by Gasteiger charge is -2.30. The van der Waals surface area contributed by atoms with Crippen LogP contribution in [0.15, 0.2) is 0 Å². The van der Waals surface area contributed by atoms with Crippen molar-refractivity contribution < 1.29 is 0 Å². The zero-order chi connectivity index (χ0) is 7.30. The van der Waals surface area contributed by atoms with Crippen LogP contribution in [0.2, 0.25) is 0 Å². The van der Waals surface area contributed by atoms with Crippen molar-refractivity contribution in [2.45, 2.75) is 33.6 Å². The van der Waals surface area contributed by atoms with Gasteiger partial charge in [-0.3, -0.25) is 0 Å². The van der Waals surface area contributed by atoms with Crippen LogP contribution in [0.25, 0.3) is 0 Å². The highest BCUT2D eigenvalue weighted by atomic mass is 14.7. The molecule has 0 radical (unpaired) electrons. The summed E-state index contributed by atoms with van der Waals surface area (Å²) in [7, 11) is 0. The molecule has 0 heterocycles. The molecule has 0 bridgehead atoms. The summed E-state index contributed by atoms with van der Waals surface area (Å²) in [4.78, 5) is 0. The lowest BCUT2D eigenvalue weighted by atomic mass is 9.76. The molecule has 10 heavy (non-hydrogen) atoms. The zero-order valence-electron chi connectivity index (χ0n) is 7.30. The molecule has 0 aromatic rings. The Labute approximate surface area is 64.0 Å². The maximum absolute atomic E-state index is 2.43. The van der Waals surface area contributed by atoms with Gasteiger partial charge in [-0.2, -0.15) is 0 Å². The molecule has 0 nitrogen and oxygen atoms in total. The van der Waals surface area contributed by atoms with Gasteiger partial charge in [-0.1, -0.05) is 27.2 Å². The number of fused-ring (bicyclic) bond motifs is 1. The summed E-state index contributed by atoms with van der Waals surface area (Å²) >= 11 is 0. The van der Waals surface area contributed by atoms with Gasteiger partial charge in [0.25, 0.3) is 0 Å². The normalized spacial score (nSPS) is 53.1. The van der Waals surface area contributed by atoms with Gasteiger partial charge in [0.2, 0.25) is 0 Å². The first-order valence-corrected chi connectivity index (χ1v) is 4.75. The summed E-state index contributed by atoms with van der Waals surface area (Å²) in [5.41, 5.74) is 0. The van der Waals surface area contributed by atoms with E-state index >= 15 is 0 Å². The van der Waals surface area contributed by atoms with Gasteiger partial charge in [0.1, 0.15) is 0 Å². The van der Waals surface area contributed by atoms with Crippen molar-refractivity contribution in [3.05, 3.63) is 0 Å². The highest BCUT2D eigenvalue weighted by Gasteiger charge is 2.60. The van der Waals surface area contributed by atoms with Crippen molar-refractivity contribution in [2.24, 2.45) is 29.6 Å². The monoisotopic (exact) mass is 138 g/mol. The second-order valence-corrected chi connectivity index (χ2v) is 4.39. The topological polar surface area (TPSA) is 0 Å². The maximum atomic E-state index is 2.43. The second-order valence-electron chi connectivity index (χ2n) is 4.39. The molecular weight excluding hydrogens is 120 g/mol. The highest BCUT2D eigenvalue weighted by Crippen LogP contribution is 2.66. The van der Waals surface area contributed by atoms with Crippen LogP contribution in [0.1, 0.15) is 33.6 Å². The first-order chi connectivity index (χ1) is 4.75. The van der Waals surface area contributed by atoms with Crippen LogP contribution in [0, 0.1) is 29.6 Å². The van der Waals surface area contributed by atoms with Gasteiger partial charge in [0.05, 0.1) is 0 Å². The van der Waals surface area contributed by atoms with Gasteiger partial charge < -0.3 is 0 Å². The fourth-order valence-corrected chi connectivity index (χ4v) is 2.85. The Morgan fingerprint density at radius 3 is 2.50 bits per heavy atom. The van der Waals surface area contributed by atoms with Gasteiger partial charge in [-0.05, 0) is 36.0 Å². The Morgan fingerprint density at radius 2 is 2.20 bits per heavy atom. The number of rotatable bonds is 2. The number of hydrogen-bond donors (Lipinski definition) is 0. The van der Waals surface area contributed by atoms with E-state index < -0.39 is 0 Å². The Hall–Kier alpha value is 0. The minimum absolute atomic E-state index is 1.01. The first kappa shape index (κ1) is 6.69. The van der Waals surface area contributed by atoms with Crippen molar-refractivity contribution in [3.8, 4) is 0 Å². The Balaban J connectivity index is 1.87. The van der Waals surface area contributed by atoms with Gasteiger partial charge in [-0.25, -0.2) is 0 Å². The molecule has 58 valence electrons. The SMILES string of the molecule is CCC(C)C1CC2C(C)C12. The van der Waals surface area contributed by atoms with E-state index in [-0.39, 0.29) is 0 Å². The summed E-state index contributed by atoms with van der Waals surface area (Å²) in [5.74, 6) is 5.55. The molecule has 2 fully saturated rings. The molecule has 0 aromatic heterocycles. The molecule has 5 atom stereocenters. The first-order valence-electron chi connectivity index (χ1n) is 4.75. The van der Waals surface area contributed by atoms with Crippen LogP contribution in [0.3, 0.4) is 0 Å². The smallest absolute Gasteiger partial charge is 0.0323 e. The van der Waals surface area contributed by atoms with E-state index in [1.807, 2.05) is 0 Å². The van der Waals surface area contributed by atoms with Crippen LogP contribution in [-0.4, -0.2) is 0 Å². The van der Waals surface area contributed by atoms with E-state index in [2.05, 4.69) is 20.8 Å². The molecule has 0 N–H and O–H groups in total. The minimum Gasteiger partial charge on any atom is -0.0651 e. The Morgan fingerprint density at radius 1 is 1.50 bits per heavy atom. The zero-order valence-corrected chi connectivity index (χ0v) is 7.30. The van der Waals surface area contributed by atoms with E-state index in [1.165, 1.54) is 12.3 Å². The summed E-state index contributed by atoms with van der Waals surface area (Å²) in [5, 5.41) is 0. The molecule has 2 aliphatic rings. The average Bonchev–Trinajstić information content (AvgIpc) is 2.32. The second kappa shape index (κ2) is 1.99. The van der Waals surface area contributed by atoms with Gasteiger partial charge in [0, 0.05) is 0 Å². The molecule has 0 amide bonds. The third kappa shape index (κ3) is 0.681. The van der Waals surface area contributed by atoms with E-state index in [1.54, 1.807) is 6.42 Å². The summed E-state index contributed by atoms with van der Waals surface area (Å²) in [6.45, 7) is 7.18. The van der Waals surface area contributed by atoms with Crippen molar-refractivity contribution in [3.63, 3.8) is 0 Å². The molecule has 2 aliphatic carbocycles. The summed E-state index contributed by atoms with van der Waals surface area (Å²) < 4.78 is 0. The molecule has 2 rings (SSSR count). The molecule has 5 unspecified atom stereocenters. The van der Waals surface area contributed by atoms with Gasteiger partial charge in [-0.15, -0.1) is 0 Å². The molecule has 2 saturated carbocycles. The fourth-order valence-electron chi connectivity index (χ4n) is 2.85. The van der Waals surface area contributed by atoms with Crippen LogP contribution in [0.5, 0.6) is 0 Å². The molecule has 0 saturated heterocycles. The van der Waals surface area contributed by atoms with Crippen LogP contribution >= 0.6 is 0 Å². The Kier molecular flexibility index (Phi) is 1.33. The van der Waals surface area contributed by atoms with E-state index in [0.29, 0.717) is 0 Å². The number of hydrogen-bond acceptors (Lipinski definition) is 0. The quantitative estimate of drug-likeness (QED) is 0.550. The summed E-state index contributed by atoms with van der Waals surface area (Å²) in [6, 6.07) is 0. The van der Waals surface area contributed by atoms with Crippen molar-refractivity contribution in [2.75, 3.05) is 0 Å². The van der Waals surface area contributed by atoms with Gasteiger partial charge in [0.15, 0.2) is 0 Å². The molecule has 0 heteroatoms. The average molecular weight is 138 g/mol. The third-order valence-corrected chi connectivity index (χ3v) is 4.05. The maximum Gasteiger partial charge on any atom is -0.0323 e. The molecule has 0 aliphatic heterocycles. The largest absolute Gasteiger partial charge is 0.0651 e. The lowest BCUT2D eigenvalue weighted by molar-refractivity contribution is 0.194. The lowest BCUT2D eigenvalue weighted by Crippen LogP contribution is -2.22. The van der Waals surface area contributed by atoms with Crippen molar-refractivity contribution >= 4 is 0 Å². The molecule has 0 spiro atoms. The van der Waals surface area contributed by atoms with Crippen molar-refractivity contribution in [1.29, 1.82) is 0 Å². The van der Waals surface area contributed by atoms with Gasteiger partial charge >= 0.3 is 0 Å². The van der Waals surface area contributed by atoms with E-state index in [9.17, 15) is 0 Å². The highest BCUT2D eigenvalue weighted by molar-refractivity contribution is 5.08. The fraction of sp³-hybridized carbons (Fsp3) is 1.00. The van der Waals surface area contributed by atoms with Crippen LogP contribution < -0.4 is 0 Å². The van der Waals surface area contributed by atoms with Crippen molar-refractivity contribution in [1.82, 2.24) is 0 Å². The summed E-state index contributed by atoms with van der Waals surface area (Å²) in [6.07, 6.45) is 2.95. The van der Waals surface area contributed by atoms with Crippen LogP contribution in [0.4, 0.5) is 0 Å².